The van der Waals surface area contributed by atoms with Crippen molar-refractivity contribution in [2.75, 3.05) is 0 Å². The van der Waals surface area contributed by atoms with Gasteiger partial charge in [-0.1, -0.05) is 43.0 Å². The standard InChI is InChI=1S/C15H21N/c1-7-14(10-9-12(3)4)15(8-2)11-16-13(5)6/h7-11H,1,5H2,2-4,6H3/b14-10+,15-8+,16-11?. The van der Waals surface area contributed by atoms with Gasteiger partial charge in [0, 0.05) is 11.9 Å². The maximum Gasteiger partial charge on any atom is 0.0345 e. The van der Waals surface area contributed by atoms with Gasteiger partial charge >= 0.3 is 0 Å². The van der Waals surface area contributed by atoms with Crippen molar-refractivity contribution in [3.05, 3.63) is 59.9 Å². The van der Waals surface area contributed by atoms with E-state index in [-0.39, 0.29) is 0 Å². The van der Waals surface area contributed by atoms with Crippen LogP contribution < -0.4 is 0 Å². The van der Waals surface area contributed by atoms with Crippen LogP contribution in [0.4, 0.5) is 0 Å². The van der Waals surface area contributed by atoms with Crippen molar-refractivity contribution in [2.24, 2.45) is 4.99 Å². The van der Waals surface area contributed by atoms with Crippen molar-refractivity contribution in [1.29, 1.82) is 0 Å². The van der Waals surface area contributed by atoms with Gasteiger partial charge < -0.3 is 0 Å². The van der Waals surface area contributed by atoms with Crippen molar-refractivity contribution >= 4 is 6.21 Å². The highest BCUT2D eigenvalue weighted by atomic mass is 14.7. The molecule has 0 aliphatic heterocycles. The van der Waals surface area contributed by atoms with E-state index < -0.39 is 0 Å². The van der Waals surface area contributed by atoms with Gasteiger partial charge in [0.05, 0.1) is 0 Å². The second kappa shape index (κ2) is 7.63. The zero-order valence-corrected chi connectivity index (χ0v) is 10.7. The summed E-state index contributed by atoms with van der Waals surface area (Å²) in [6.07, 6.45) is 9.77. The van der Waals surface area contributed by atoms with E-state index in [4.69, 9.17) is 0 Å². The van der Waals surface area contributed by atoms with Crippen LogP contribution in [-0.2, 0) is 0 Å². The fourth-order valence-electron chi connectivity index (χ4n) is 1.03. The molecule has 16 heavy (non-hydrogen) atoms. The molecule has 0 aliphatic rings. The predicted octanol–water partition coefficient (Wildman–Crippen LogP) is 4.62. The Kier molecular flexibility index (Phi) is 6.86. The molecule has 1 heteroatoms. The van der Waals surface area contributed by atoms with Crippen LogP contribution in [0.2, 0.25) is 0 Å². The van der Waals surface area contributed by atoms with Gasteiger partial charge in [0.15, 0.2) is 0 Å². The Morgan fingerprint density at radius 2 is 1.69 bits per heavy atom. The molecule has 0 aromatic heterocycles. The summed E-state index contributed by atoms with van der Waals surface area (Å²) in [5.74, 6) is 0. The monoisotopic (exact) mass is 215 g/mol. The van der Waals surface area contributed by atoms with E-state index in [0.717, 1.165) is 16.8 Å². The quantitative estimate of drug-likeness (QED) is 0.469. The van der Waals surface area contributed by atoms with E-state index in [1.807, 2.05) is 38.3 Å². The molecule has 0 unspecified atom stereocenters. The lowest BCUT2D eigenvalue weighted by atomic mass is 10.1. The minimum absolute atomic E-state index is 0.796. The van der Waals surface area contributed by atoms with Crippen molar-refractivity contribution in [3.8, 4) is 0 Å². The van der Waals surface area contributed by atoms with Crippen LogP contribution in [0.25, 0.3) is 0 Å². The molecule has 86 valence electrons. The van der Waals surface area contributed by atoms with Crippen LogP contribution in [0.15, 0.2) is 64.9 Å². The lowest BCUT2D eigenvalue weighted by molar-refractivity contribution is 1.33. The maximum atomic E-state index is 4.19. The fraction of sp³-hybridized carbons (Fsp3) is 0.267. The summed E-state index contributed by atoms with van der Waals surface area (Å²) in [4.78, 5) is 4.19. The summed E-state index contributed by atoms with van der Waals surface area (Å²) >= 11 is 0. The summed E-state index contributed by atoms with van der Waals surface area (Å²) in [6, 6.07) is 0. The van der Waals surface area contributed by atoms with Crippen molar-refractivity contribution < 1.29 is 0 Å². The Morgan fingerprint density at radius 1 is 1.06 bits per heavy atom. The molecule has 0 atom stereocenters. The molecule has 1 nitrogen and oxygen atoms in total. The summed E-state index contributed by atoms with van der Waals surface area (Å²) < 4.78 is 0. The average Bonchev–Trinajstić information content (AvgIpc) is 2.22. The van der Waals surface area contributed by atoms with Gasteiger partial charge in [-0.3, -0.25) is 4.99 Å². The van der Waals surface area contributed by atoms with Crippen molar-refractivity contribution in [3.63, 3.8) is 0 Å². The van der Waals surface area contributed by atoms with Crippen LogP contribution in [0.3, 0.4) is 0 Å². The second-order valence-electron chi connectivity index (χ2n) is 3.81. The molecule has 0 radical (unpaired) electrons. The normalized spacial score (nSPS) is 12.8. The van der Waals surface area contributed by atoms with Crippen LogP contribution in [-0.4, -0.2) is 6.21 Å². The first kappa shape index (κ1) is 14.4. The summed E-state index contributed by atoms with van der Waals surface area (Å²) in [5.41, 5.74) is 4.17. The first-order chi connectivity index (χ1) is 7.51. The lowest BCUT2D eigenvalue weighted by Gasteiger charge is -2.01. The van der Waals surface area contributed by atoms with Crippen LogP contribution in [0, 0.1) is 0 Å². The first-order valence-corrected chi connectivity index (χ1v) is 5.35. The Hall–Kier alpha value is -1.63. The second-order valence-corrected chi connectivity index (χ2v) is 3.81. The summed E-state index contributed by atoms with van der Waals surface area (Å²) in [6.45, 7) is 15.5. The molecule has 0 rings (SSSR count). The smallest absolute Gasteiger partial charge is 0.0345 e. The van der Waals surface area contributed by atoms with E-state index in [1.54, 1.807) is 0 Å². The summed E-state index contributed by atoms with van der Waals surface area (Å²) in [7, 11) is 0. The van der Waals surface area contributed by atoms with Gasteiger partial charge in [0.1, 0.15) is 0 Å². The van der Waals surface area contributed by atoms with Gasteiger partial charge in [-0.05, 0) is 38.8 Å². The molecule has 0 spiro atoms. The molecular weight excluding hydrogens is 194 g/mol. The largest absolute Gasteiger partial charge is 0.262 e. The number of hydrogen-bond donors (Lipinski definition) is 0. The van der Waals surface area contributed by atoms with Crippen LogP contribution in [0.1, 0.15) is 27.7 Å². The Bertz CT molecular complexity index is 372. The molecule has 0 bridgehead atoms. The maximum absolute atomic E-state index is 4.19. The first-order valence-electron chi connectivity index (χ1n) is 5.35. The third kappa shape index (κ3) is 5.97. The lowest BCUT2D eigenvalue weighted by Crippen LogP contribution is -1.88. The van der Waals surface area contributed by atoms with E-state index in [1.165, 1.54) is 5.57 Å². The Labute approximate surface area is 99.3 Å². The third-order valence-corrected chi connectivity index (χ3v) is 1.88. The molecule has 0 saturated carbocycles. The molecule has 0 N–H and O–H groups in total. The fourth-order valence-corrected chi connectivity index (χ4v) is 1.03. The summed E-state index contributed by atoms with van der Waals surface area (Å²) in [5, 5.41) is 0. The molecule has 0 amide bonds. The number of rotatable bonds is 5. The SMILES string of the molecule is C=CC(=C\C=C(C)C)/C(C=NC(=C)C)=C/C. The highest BCUT2D eigenvalue weighted by Crippen LogP contribution is 2.10. The number of aliphatic imine (C=N–C) groups is 1. The molecule has 0 heterocycles. The highest BCUT2D eigenvalue weighted by molar-refractivity contribution is 5.86. The molecule has 0 fully saturated rings. The average molecular weight is 215 g/mol. The minimum Gasteiger partial charge on any atom is -0.262 e. The molecule has 0 aliphatic carbocycles. The van der Waals surface area contributed by atoms with Crippen molar-refractivity contribution in [2.45, 2.75) is 27.7 Å². The third-order valence-electron chi connectivity index (χ3n) is 1.88. The van der Waals surface area contributed by atoms with Gasteiger partial charge in [0.2, 0.25) is 0 Å². The van der Waals surface area contributed by atoms with Gasteiger partial charge in [0.25, 0.3) is 0 Å². The highest BCUT2D eigenvalue weighted by Gasteiger charge is 1.95. The van der Waals surface area contributed by atoms with E-state index in [2.05, 4.69) is 38.1 Å². The van der Waals surface area contributed by atoms with Crippen LogP contribution >= 0.6 is 0 Å². The van der Waals surface area contributed by atoms with Gasteiger partial charge in [-0.25, -0.2) is 0 Å². The predicted molar refractivity (Wildman–Crippen MR) is 74.8 cm³/mol. The number of nitrogens with zero attached hydrogens (tertiary/aromatic N) is 1. The molecule has 0 aromatic rings. The number of hydrogen-bond acceptors (Lipinski definition) is 1. The van der Waals surface area contributed by atoms with E-state index >= 15 is 0 Å². The Balaban J connectivity index is 5.07. The minimum atomic E-state index is 0.796. The Morgan fingerprint density at radius 3 is 2.06 bits per heavy atom. The molecule has 0 aromatic carbocycles. The molecular formula is C15H21N. The number of allylic oxidation sites excluding steroid dienone is 8. The zero-order chi connectivity index (χ0) is 12.6. The van der Waals surface area contributed by atoms with Gasteiger partial charge in [-0.2, -0.15) is 0 Å². The van der Waals surface area contributed by atoms with Crippen molar-refractivity contribution in [1.82, 2.24) is 0 Å². The van der Waals surface area contributed by atoms with E-state index in [0.29, 0.717) is 0 Å². The molecule has 0 saturated heterocycles. The zero-order valence-electron chi connectivity index (χ0n) is 10.7. The topological polar surface area (TPSA) is 12.4 Å². The van der Waals surface area contributed by atoms with Gasteiger partial charge in [-0.15, -0.1) is 0 Å². The van der Waals surface area contributed by atoms with E-state index in [9.17, 15) is 0 Å². The van der Waals surface area contributed by atoms with Crippen LogP contribution in [0.5, 0.6) is 0 Å².